The van der Waals surface area contributed by atoms with E-state index in [1.165, 1.54) is 25.2 Å². The maximum Gasteiger partial charge on any atom is 0.315 e. The number of aliphatic imine (C=N–C) groups is 1. The molecule has 0 fully saturated rings. The van der Waals surface area contributed by atoms with Crippen LogP contribution in [-0.4, -0.2) is 30.4 Å². The molecule has 5 nitrogen and oxygen atoms in total. The molecule has 1 rings (SSSR count). The van der Waals surface area contributed by atoms with Crippen LogP contribution < -0.4 is 5.48 Å². The minimum atomic E-state index is -0.253. The molecule has 0 radical (unpaired) electrons. The number of rotatable bonds is 5. The smallest absolute Gasteiger partial charge is 0.315 e. The highest BCUT2D eigenvalue weighted by Crippen LogP contribution is 2.21. The highest BCUT2D eigenvalue weighted by molar-refractivity contribution is 8.00. The van der Waals surface area contributed by atoms with E-state index in [4.69, 9.17) is 5.21 Å². The Morgan fingerprint density at radius 2 is 2.25 bits per heavy atom. The average molecular weight is 240 g/mol. The number of carbonyl (C=O) groups excluding carboxylic acids is 1. The van der Waals surface area contributed by atoms with Gasteiger partial charge in [0.15, 0.2) is 0 Å². The van der Waals surface area contributed by atoms with E-state index in [2.05, 4.69) is 9.73 Å². The Balaban J connectivity index is 2.51. The van der Waals surface area contributed by atoms with Crippen molar-refractivity contribution in [3.8, 4) is 0 Å². The lowest BCUT2D eigenvalue weighted by atomic mass is 10.3. The van der Waals surface area contributed by atoms with Gasteiger partial charge in [0.2, 0.25) is 0 Å². The Bertz CT molecular complexity index is 365. The van der Waals surface area contributed by atoms with Gasteiger partial charge in [-0.25, -0.2) is 4.99 Å². The van der Waals surface area contributed by atoms with Crippen LogP contribution in [0.3, 0.4) is 0 Å². The summed E-state index contributed by atoms with van der Waals surface area (Å²) in [6.45, 7) is 0. The lowest BCUT2D eigenvalue weighted by Gasteiger charge is -2.00. The quantitative estimate of drug-likeness (QED) is 0.269. The van der Waals surface area contributed by atoms with E-state index >= 15 is 0 Å². The zero-order valence-corrected chi connectivity index (χ0v) is 9.53. The van der Waals surface area contributed by atoms with Crippen molar-refractivity contribution >= 4 is 29.8 Å². The predicted molar refractivity (Wildman–Crippen MR) is 62.3 cm³/mol. The van der Waals surface area contributed by atoms with E-state index < -0.39 is 0 Å². The number of hydrogen-bond acceptors (Lipinski definition) is 5. The minimum Gasteiger partial charge on any atom is -0.468 e. The Labute approximate surface area is 97.5 Å². The second-order valence-electron chi connectivity index (χ2n) is 2.75. The third-order valence-corrected chi connectivity index (χ3v) is 2.68. The summed E-state index contributed by atoms with van der Waals surface area (Å²) in [5.74, 6) is 0.0358. The molecule has 0 saturated heterocycles. The summed E-state index contributed by atoms with van der Waals surface area (Å²) in [6, 6.07) is 7.26. The third kappa shape index (κ3) is 4.33. The third-order valence-electron chi connectivity index (χ3n) is 1.69. The summed E-state index contributed by atoms with van der Waals surface area (Å²) in [5.41, 5.74) is 2.53. The molecule has 6 heteroatoms. The first-order valence-corrected chi connectivity index (χ1v) is 5.46. The van der Waals surface area contributed by atoms with Crippen molar-refractivity contribution in [3.63, 3.8) is 0 Å². The van der Waals surface area contributed by atoms with Crippen LogP contribution in [0.2, 0.25) is 0 Å². The number of esters is 1. The summed E-state index contributed by atoms with van der Waals surface area (Å²) in [5, 5.41) is 8.30. The molecule has 0 atom stereocenters. The van der Waals surface area contributed by atoms with Crippen molar-refractivity contribution in [1.82, 2.24) is 5.48 Å². The van der Waals surface area contributed by atoms with Crippen LogP contribution in [0.4, 0.5) is 5.69 Å². The van der Waals surface area contributed by atoms with Gasteiger partial charge in [-0.15, -0.1) is 11.8 Å². The first-order valence-electron chi connectivity index (χ1n) is 4.48. The first-order chi connectivity index (χ1) is 7.76. The fourth-order valence-corrected chi connectivity index (χ4v) is 1.66. The molecule has 0 heterocycles. The Hall–Kier alpha value is -1.53. The molecule has 0 unspecified atom stereocenters. The van der Waals surface area contributed by atoms with Gasteiger partial charge in [-0.1, -0.05) is 0 Å². The summed E-state index contributed by atoms with van der Waals surface area (Å²) < 4.78 is 4.53. The van der Waals surface area contributed by atoms with Crippen LogP contribution in [0.15, 0.2) is 34.2 Å². The van der Waals surface area contributed by atoms with Crippen molar-refractivity contribution in [3.05, 3.63) is 24.3 Å². The molecule has 2 N–H and O–H groups in total. The first kappa shape index (κ1) is 12.5. The number of methoxy groups -OCH3 is 1. The molecular formula is C10H12N2O3S. The van der Waals surface area contributed by atoms with Gasteiger partial charge in [0.25, 0.3) is 0 Å². The molecule has 0 bridgehead atoms. The Kier molecular flexibility index (Phi) is 5.38. The molecule has 1 aromatic carbocycles. The molecule has 0 aromatic heterocycles. The standard InChI is InChI=1S/C10H12N2O3S/c1-15-10(13)6-16-9-4-2-8(3-5-9)11-7-12-14/h2-5,7,14H,6H2,1H3,(H,11,12). The molecule has 0 saturated carbocycles. The SMILES string of the molecule is COC(=O)CSc1ccc(N=CNO)cc1. The zero-order chi connectivity index (χ0) is 11.8. The van der Waals surface area contributed by atoms with Crippen LogP contribution in [0.5, 0.6) is 0 Å². The molecular weight excluding hydrogens is 228 g/mol. The number of thioether (sulfide) groups is 1. The van der Waals surface area contributed by atoms with Crippen LogP contribution >= 0.6 is 11.8 Å². The maximum absolute atomic E-state index is 10.9. The van der Waals surface area contributed by atoms with Crippen LogP contribution in [0.25, 0.3) is 0 Å². The number of ether oxygens (including phenoxy) is 1. The van der Waals surface area contributed by atoms with Crippen LogP contribution in [-0.2, 0) is 9.53 Å². The predicted octanol–water partition coefficient (Wildman–Crippen LogP) is 1.59. The minimum absolute atomic E-state index is 0.253. The van der Waals surface area contributed by atoms with Gasteiger partial charge in [-0.05, 0) is 24.3 Å². The average Bonchev–Trinajstić information content (AvgIpc) is 2.34. The highest BCUT2D eigenvalue weighted by atomic mass is 32.2. The van der Waals surface area contributed by atoms with Gasteiger partial charge < -0.3 is 4.74 Å². The molecule has 0 aliphatic heterocycles. The monoisotopic (exact) mass is 240 g/mol. The molecule has 0 spiro atoms. The summed E-state index contributed by atoms with van der Waals surface area (Å²) in [7, 11) is 1.36. The van der Waals surface area contributed by atoms with Gasteiger partial charge in [-0.2, -0.15) is 0 Å². The molecule has 0 aliphatic rings. The van der Waals surface area contributed by atoms with Crippen molar-refractivity contribution in [2.45, 2.75) is 4.90 Å². The summed E-state index contributed by atoms with van der Waals surface area (Å²) in [4.78, 5) is 15.7. The molecule has 0 amide bonds. The topological polar surface area (TPSA) is 70.9 Å². The summed E-state index contributed by atoms with van der Waals surface area (Å²) in [6.07, 6.45) is 1.18. The lowest BCUT2D eigenvalue weighted by Crippen LogP contribution is -2.02. The van der Waals surface area contributed by atoms with Crippen molar-refractivity contribution in [2.24, 2.45) is 4.99 Å². The van der Waals surface area contributed by atoms with E-state index in [-0.39, 0.29) is 11.7 Å². The maximum atomic E-state index is 10.9. The Morgan fingerprint density at radius 1 is 1.56 bits per heavy atom. The molecule has 1 aromatic rings. The number of nitrogens with one attached hydrogen (secondary N) is 1. The van der Waals surface area contributed by atoms with Gasteiger partial charge in [0, 0.05) is 4.90 Å². The molecule has 16 heavy (non-hydrogen) atoms. The summed E-state index contributed by atoms with van der Waals surface area (Å²) >= 11 is 1.39. The number of nitrogens with zero attached hydrogens (tertiary/aromatic N) is 1. The van der Waals surface area contributed by atoms with Crippen molar-refractivity contribution in [2.75, 3.05) is 12.9 Å². The fraction of sp³-hybridized carbons (Fsp3) is 0.200. The molecule has 0 aliphatic carbocycles. The normalized spacial score (nSPS) is 10.4. The second kappa shape index (κ2) is 6.86. The second-order valence-corrected chi connectivity index (χ2v) is 3.79. The lowest BCUT2D eigenvalue weighted by molar-refractivity contribution is -0.137. The van der Waals surface area contributed by atoms with Gasteiger partial charge >= 0.3 is 5.97 Å². The van der Waals surface area contributed by atoms with E-state index in [0.717, 1.165) is 4.90 Å². The number of carbonyl (C=O) groups is 1. The van der Waals surface area contributed by atoms with Crippen LogP contribution in [0.1, 0.15) is 0 Å². The van der Waals surface area contributed by atoms with Crippen molar-refractivity contribution in [1.29, 1.82) is 0 Å². The Morgan fingerprint density at radius 3 is 2.81 bits per heavy atom. The van der Waals surface area contributed by atoms with Crippen molar-refractivity contribution < 1.29 is 14.7 Å². The van der Waals surface area contributed by atoms with E-state index in [1.54, 1.807) is 12.1 Å². The van der Waals surface area contributed by atoms with Gasteiger partial charge in [-0.3, -0.25) is 15.5 Å². The number of benzene rings is 1. The van der Waals surface area contributed by atoms with Crippen LogP contribution in [0, 0.1) is 0 Å². The molecule has 86 valence electrons. The fourth-order valence-electron chi connectivity index (χ4n) is 0.933. The van der Waals surface area contributed by atoms with E-state index in [0.29, 0.717) is 5.69 Å². The van der Waals surface area contributed by atoms with E-state index in [9.17, 15) is 4.79 Å². The largest absolute Gasteiger partial charge is 0.468 e. The van der Waals surface area contributed by atoms with Gasteiger partial charge in [0.1, 0.15) is 6.34 Å². The number of hydrogen-bond donors (Lipinski definition) is 2. The highest BCUT2D eigenvalue weighted by Gasteiger charge is 2.01. The zero-order valence-electron chi connectivity index (χ0n) is 8.71. The van der Waals surface area contributed by atoms with Gasteiger partial charge in [0.05, 0.1) is 18.6 Å². The number of hydroxylamine groups is 1. The van der Waals surface area contributed by atoms with E-state index in [1.807, 2.05) is 17.6 Å².